The molecular weight excluding hydrogens is 272 g/mol. The predicted molar refractivity (Wildman–Crippen MR) is 73.8 cm³/mol. The predicted octanol–water partition coefficient (Wildman–Crippen LogP) is 1.11. The molecule has 0 atom stereocenters. The number of carbonyl (C=O) groups excluding carboxylic acids is 2. The van der Waals surface area contributed by atoms with Crippen LogP contribution in [-0.2, 0) is 17.7 Å². The molecule has 1 aliphatic rings. The number of hydrogen-bond acceptors (Lipinski definition) is 4. The van der Waals surface area contributed by atoms with E-state index in [1.807, 2.05) is 0 Å². The highest BCUT2D eigenvalue weighted by molar-refractivity contribution is 5.95. The molecule has 0 unspecified atom stereocenters. The van der Waals surface area contributed by atoms with Crippen LogP contribution < -0.4 is 0 Å². The summed E-state index contributed by atoms with van der Waals surface area (Å²) in [7, 11) is 1.31. The van der Waals surface area contributed by atoms with Gasteiger partial charge in [-0.05, 0) is 25.0 Å². The molecule has 1 aliphatic heterocycles. The van der Waals surface area contributed by atoms with Crippen molar-refractivity contribution in [2.24, 2.45) is 0 Å². The first-order chi connectivity index (χ1) is 10.2. The van der Waals surface area contributed by atoms with Crippen LogP contribution in [0.1, 0.15) is 38.7 Å². The lowest BCUT2D eigenvalue weighted by atomic mass is 10.2. The lowest BCUT2D eigenvalue weighted by molar-refractivity contribution is 0.0594. The minimum absolute atomic E-state index is 0.126. The van der Waals surface area contributed by atoms with Crippen LogP contribution in [0.25, 0.3) is 0 Å². The Morgan fingerprint density at radius 1 is 1.33 bits per heavy atom. The van der Waals surface area contributed by atoms with Crippen LogP contribution in [-0.4, -0.2) is 45.6 Å². The molecule has 7 nitrogen and oxygen atoms in total. The van der Waals surface area contributed by atoms with Crippen molar-refractivity contribution in [1.82, 2.24) is 20.1 Å². The van der Waals surface area contributed by atoms with Gasteiger partial charge in [0.25, 0.3) is 5.91 Å². The SMILES string of the molecule is COC(=O)c1ccc(C(=O)N2CCCc3[nH]ncc3C2)[nH]1. The number of amides is 1. The highest BCUT2D eigenvalue weighted by atomic mass is 16.5. The first kappa shape index (κ1) is 13.4. The number of nitrogens with one attached hydrogen (secondary N) is 2. The van der Waals surface area contributed by atoms with Gasteiger partial charge >= 0.3 is 5.97 Å². The van der Waals surface area contributed by atoms with Crippen LogP contribution in [0.15, 0.2) is 18.3 Å². The average Bonchev–Trinajstić information content (AvgIpc) is 3.11. The fourth-order valence-corrected chi connectivity index (χ4v) is 2.51. The molecule has 3 heterocycles. The third kappa shape index (κ3) is 2.54. The molecule has 2 N–H and O–H groups in total. The topological polar surface area (TPSA) is 91.1 Å². The minimum atomic E-state index is -0.484. The van der Waals surface area contributed by atoms with Gasteiger partial charge in [-0.3, -0.25) is 9.89 Å². The van der Waals surface area contributed by atoms with Gasteiger partial charge in [0.05, 0.1) is 13.3 Å². The third-order valence-electron chi connectivity index (χ3n) is 3.63. The van der Waals surface area contributed by atoms with E-state index in [0.717, 1.165) is 24.1 Å². The molecular formula is C14H16N4O3. The maximum absolute atomic E-state index is 12.5. The molecule has 3 rings (SSSR count). The summed E-state index contributed by atoms with van der Waals surface area (Å²) in [5, 5.41) is 6.98. The van der Waals surface area contributed by atoms with Crippen LogP contribution in [0.2, 0.25) is 0 Å². The zero-order valence-corrected chi connectivity index (χ0v) is 11.7. The largest absolute Gasteiger partial charge is 0.464 e. The van der Waals surface area contributed by atoms with Crippen molar-refractivity contribution in [3.05, 3.63) is 41.0 Å². The molecule has 0 aliphatic carbocycles. The number of rotatable bonds is 2. The van der Waals surface area contributed by atoms with Gasteiger partial charge in [0.15, 0.2) is 0 Å². The molecule has 0 radical (unpaired) electrons. The van der Waals surface area contributed by atoms with Gasteiger partial charge in [0, 0.05) is 24.3 Å². The highest BCUT2D eigenvalue weighted by Gasteiger charge is 2.23. The number of esters is 1. The number of methoxy groups -OCH3 is 1. The van der Waals surface area contributed by atoms with E-state index in [2.05, 4.69) is 19.9 Å². The van der Waals surface area contributed by atoms with Crippen molar-refractivity contribution in [3.63, 3.8) is 0 Å². The Bertz CT molecular complexity index is 673. The van der Waals surface area contributed by atoms with Crippen molar-refractivity contribution < 1.29 is 14.3 Å². The van der Waals surface area contributed by atoms with Gasteiger partial charge in [-0.15, -0.1) is 0 Å². The summed E-state index contributed by atoms with van der Waals surface area (Å²) in [6.45, 7) is 1.20. The maximum atomic E-state index is 12.5. The molecule has 0 spiro atoms. The molecule has 0 saturated carbocycles. The number of aromatic nitrogens is 3. The summed E-state index contributed by atoms with van der Waals surface area (Å²) in [6.07, 6.45) is 3.53. The zero-order chi connectivity index (χ0) is 14.8. The van der Waals surface area contributed by atoms with E-state index in [9.17, 15) is 9.59 Å². The second-order valence-corrected chi connectivity index (χ2v) is 4.98. The van der Waals surface area contributed by atoms with Crippen molar-refractivity contribution in [2.45, 2.75) is 19.4 Å². The summed E-state index contributed by atoms with van der Waals surface area (Å²) in [4.78, 5) is 28.5. The number of H-pyrrole nitrogens is 2. The van der Waals surface area contributed by atoms with Gasteiger partial charge < -0.3 is 14.6 Å². The minimum Gasteiger partial charge on any atom is -0.464 e. The highest BCUT2D eigenvalue weighted by Crippen LogP contribution is 2.18. The molecule has 0 aromatic carbocycles. The van der Waals surface area contributed by atoms with E-state index < -0.39 is 5.97 Å². The summed E-state index contributed by atoms with van der Waals surface area (Å²) in [5.41, 5.74) is 2.80. The Morgan fingerprint density at radius 3 is 2.95 bits per heavy atom. The van der Waals surface area contributed by atoms with Gasteiger partial charge in [-0.1, -0.05) is 0 Å². The molecule has 0 bridgehead atoms. The first-order valence-electron chi connectivity index (χ1n) is 6.76. The summed E-state index contributed by atoms with van der Waals surface area (Å²) in [5.74, 6) is -0.610. The number of ether oxygens (including phenoxy) is 1. The Balaban J connectivity index is 1.79. The van der Waals surface area contributed by atoms with E-state index in [4.69, 9.17) is 0 Å². The summed E-state index contributed by atoms with van der Waals surface area (Å²) in [6, 6.07) is 3.16. The molecule has 0 saturated heterocycles. The third-order valence-corrected chi connectivity index (χ3v) is 3.63. The molecule has 2 aromatic rings. The normalized spacial score (nSPS) is 14.4. The van der Waals surface area contributed by atoms with Gasteiger partial charge in [0.2, 0.25) is 0 Å². The van der Waals surface area contributed by atoms with Gasteiger partial charge in [-0.2, -0.15) is 5.10 Å². The molecule has 2 aromatic heterocycles. The zero-order valence-electron chi connectivity index (χ0n) is 11.7. The summed E-state index contributed by atoms with van der Waals surface area (Å²) < 4.78 is 4.62. The van der Waals surface area contributed by atoms with Crippen LogP contribution >= 0.6 is 0 Å². The van der Waals surface area contributed by atoms with Crippen molar-refractivity contribution in [3.8, 4) is 0 Å². The fourth-order valence-electron chi connectivity index (χ4n) is 2.51. The van der Waals surface area contributed by atoms with Gasteiger partial charge in [0.1, 0.15) is 11.4 Å². The van der Waals surface area contributed by atoms with E-state index in [0.29, 0.717) is 18.8 Å². The van der Waals surface area contributed by atoms with E-state index in [1.54, 1.807) is 23.2 Å². The Labute approximate surface area is 121 Å². The van der Waals surface area contributed by atoms with Crippen molar-refractivity contribution in [2.75, 3.05) is 13.7 Å². The quantitative estimate of drug-likeness (QED) is 0.810. The van der Waals surface area contributed by atoms with E-state index >= 15 is 0 Å². The van der Waals surface area contributed by atoms with Crippen LogP contribution in [0.3, 0.4) is 0 Å². The standard InChI is InChI=1S/C14H16N4O3/c1-21-14(20)12-5-4-11(16-12)13(19)18-6-2-3-10-9(8-18)7-15-17-10/h4-5,7,16H,2-3,6,8H2,1H3,(H,15,17). The monoisotopic (exact) mass is 288 g/mol. The molecule has 0 fully saturated rings. The van der Waals surface area contributed by atoms with Crippen LogP contribution in [0.5, 0.6) is 0 Å². The fraction of sp³-hybridized carbons (Fsp3) is 0.357. The van der Waals surface area contributed by atoms with Gasteiger partial charge in [-0.25, -0.2) is 4.79 Å². The molecule has 7 heteroatoms. The smallest absolute Gasteiger partial charge is 0.354 e. The number of fused-ring (bicyclic) bond motifs is 1. The Kier molecular flexibility index (Phi) is 3.47. The van der Waals surface area contributed by atoms with E-state index in [-0.39, 0.29) is 11.6 Å². The lowest BCUT2D eigenvalue weighted by Crippen LogP contribution is -2.31. The number of aryl methyl sites for hydroxylation is 1. The van der Waals surface area contributed by atoms with Crippen molar-refractivity contribution in [1.29, 1.82) is 0 Å². The average molecular weight is 288 g/mol. The summed E-state index contributed by atoms with van der Waals surface area (Å²) >= 11 is 0. The maximum Gasteiger partial charge on any atom is 0.354 e. The number of aromatic amines is 2. The number of carbonyl (C=O) groups is 2. The first-order valence-corrected chi connectivity index (χ1v) is 6.76. The van der Waals surface area contributed by atoms with E-state index in [1.165, 1.54) is 7.11 Å². The lowest BCUT2D eigenvalue weighted by Gasteiger charge is -2.19. The number of nitrogens with zero attached hydrogens (tertiary/aromatic N) is 2. The molecule has 21 heavy (non-hydrogen) atoms. The number of hydrogen-bond donors (Lipinski definition) is 2. The van der Waals surface area contributed by atoms with Crippen molar-refractivity contribution >= 4 is 11.9 Å². The second-order valence-electron chi connectivity index (χ2n) is 4.98. The van der Waals surface area contributed by atoms with Crippen LogP contribution in [0.4, 0.5) is 0 Å². The second kappa shape index (κ2) is 5.43. The Hall–Kier alpha value is -2.57. The molecule has 1 amide bonds. The van der Waals surface area contributed by atoms with Crippen LogP contribution in [0, 0.1) is 0 Å². The Morgan fingerprint density at radius 2 is 2.14 bits per heavy atom. The molecule has 110 valence electrons.